The van der Waals surface area contributed by atoms with Crippen LogP contribution in [0.2, 0.25) is 0 Å². The highest BCUT2D eigenvalue weighted by Crippen LogP contribution is 2.28. The first-order chi connectivity index (χ1) is 12.5. The topological polar surface area (TPSA) is 74.8 Å². The average Bonchev–Trinajstić information content (AvgIpc) is 2.58. The Hall–Kier alpha value is -0.960. The number of hydrogen-bond donors (Lipinski definition) is 0. The number of rotatable bonds is 8. The second kappa shape index (κ2) is 9.03. The highest BCUT2D eigenvalue weighted by molar-refractivity contribution is 7.91. The molecule has 8 heteroatoms. The van der Waals surface area contributed by atoms with E-state index < -0.39 is 19.9 Å². The molecule has 1 aliphatic carbocycles. The summed E-state index contributed by atoms with van der Waals surface area (Å²) in [6, 6.07) is 4.35. The van der Waals surface area contributed by atoms with E-state index >= 15 is 0 Å². The van der Waals surface area contributed by atoms with E-state index in [2.05, 4.69) is 0 Å². The summed E-state index contributed by atoms with van der Waals surface area (Å²) in [7, 11) is -3.40. The van der Waals surface area contributed by atoms with Crippen molar-refractivity contribution in [2.45, 2.75) is 48.8 Å². The third-order valence-corrected chi connectivity index (χ3v) is 8.31. The lowest BCUT2D eigenvalue weighted by Gasteiger charge is -2.30. The van der Waals surface area contributed by atoms with Gasteiger partial charge >= 0.3 is 0 Å². The summed E-state index contributed by atoms with van der Waals surface area (Å²) in [4.78, 5) is 2.10. The molecule has 0 aromatic heterocycles. The Balaban J connectivity index is 2.39. The molecule has 1 fully saturated rings. The van der Waals surface area contributed by atoms with Crippen LogP contribution in [-0.2, 0) is 19.9 Å². The molecular weight excluding hydrogens is 384 g/mol. The largest absolute Gasteiger partial charge is 0.308 e. The van der Waals surface area contributed by atoms with E-state index in [9.17, 15) is 16.8 Å². The fraction of sp³-hybridized carbons (Fsp3) is 0.684. The zero-order valence-electron chi connectivity index (χ0n) is 16.8. The number of hydrogen-bond acceptors (Lipinski definition) is 5. The first kappa shape index (κ1) is 22.3. The molecule has 0 heterocycles. The molecule has 0 atom stereocenters. The van der Waals surface area contributed by atoms with Crippen LogP contribution in [0.15, 0.2) is 28.0 Å². The van der Waals surface area contributed by atoms with E-state index in [0.29, 0.717) is 31.1 Å². The number of sulfone groups is 1. The zero-order chi connectivity index (χ0) is 20.2. The predicted octanol–water partition coefficient (Wildman–Crippen LogP) is 2.53. The lowest BCUT2D eigenvalue weighted by atomic mass is 9.89. The maximum absolute atomic E-state index is 13.4. The molecule has 0 aliphatic heterocycles. The Bertz CT molecular complexity index is 842. The Labute approximate surface area is 164 Å². The molecule has 1 aromatic rings. The van der Waals surface area contributed by atoms with Crippen LogP contribution in [0.25, 0.3) is 0 Å². The fourth-order valence-electron chi connectivity index (χ4n) is 3.51. The van der Waals surface area contributed by atoms with E-state index in [1.807, 2.05) is 19.0 Å². The van der Waals surface area contributed by atoms with Gasteiger partial charge in [0.1, 0.15) is 0 Å². The van der Waals surface area contributed by atoms with Gasteiger partial charge in [0.05, 0.1) is 9.79 Å². The van der Waals surface area contributed by atoms with Crippen LogP contribution in [0, 0.1) is 12.8 Å². The van der Waals surface area contributed by atoms with Crippen LogP contribution >= 0.6 is 0 Å². The molecule has 1 aromatic carbocycles. The van der Waals surface area contributed by atoms with Crippen molar-refractivity contribution in [3.63, 3.8) is 0 Å². The minimum atomic E-state index is -3.77. The van der Waals surface area contributed by atoms with Gasteiger partial charge in [-0.3, -0.25) is 0 Å². The van der Waals surface area contributed by atoms with Crippen molar-refractivity contribution >= 4 is 19.9 Å². The molecule has 2 rings (SSSR count). The van der Waals surface area contributed by atoms with Gasteiger partial charge in [0, 0.05) is 25.9 Å². The number of benzene rings is 1. The number of nitrogens with zero attached hydrogens (tertiary/aromatic N) is 2. The van der Waals surface area contributed by atoms with Crippen LogP contribution in [-0.4, -0.2) is 66.0 Å². The summed E-state index contributed by atoms with van der Waals surface area (Å²) < 4.78 is 52.2. The van der Waals surface area contributed by atoms with Crippen molar-refractivity contribution in [1.82, 2.24) is 9.21 Å². The Morgan fingerprint density at radius 2 is 1.63 bits per heavy atom. The Kier molecular flexibility index (Phi) is 7.47. The summed E-state index contributed by atoms with van der Waals surface area (Å²) in [5, 5.41) is 0. The maximum Gasteiger partial charge on any atom is 0.243 e. The molecule has 154 valence electrons. The van der Waals surface area contributed by atoms with Crippen molar-refractivity contribution in [3.05, 3.63) is 23.8 Å². The van der Waals surface area contributed by atoms with Gasteiger partial charge in [-0.25, -0.2) is 16.8 Å². The maximum atomic E-state index is 13.4. The number of sulfonamides is 1. The molecule has 1 saturated carbocycles. The number of aryl methyl sites for hydroxylation is 1. The third-order valence-electron chi connectivity index (χ3n) is 5.19. The van der Waals surface area contributed by atoms with Crippen molar-refractivity contribution < 1.29 is 16.8 Å². The van der Waals surface area contributed by atoms with E-state index in [-0.39, 0.29) is 9.79 Å². The van der Waals surface area contributed by atoms with Crippen LogP contribution in [0.1, 0.15) is 37.7 Å². The third kappa shape index (κ3) is 6.01. The minimum Gasteiger partial charge on any atom is -0.308 e. The van der Waals surface area contributed by atoms with Gasteiger partial charge in [-0.05, 0) is 57.5 Å². The smallest absolute Gasteiger partial charge is 0.243 e. The van der Waals surface area contributed by atoms with Gasteiger partial charge in [0.15, 0.2) is 9.84 Å². The van der Waals surface area contributed by atoms with Gasteiger partial charge in [-0.15, -0.1) is 0 Å². The molecule has 0 bridgehead atoms. The fourth-order valence-corrected chi connectivity index (χ4v) is 5.99. The van der Waals surface area contributed by atoms with Gasteiger partial charge in [0.2, 0.25) is 10.0 Å². The molecule has 0 radical (unpaired) electrons. The first-order valence-corrected chi connectivity index (χ1v) is 12.8. The van der Waals surface area contributed by atoms with Crippen LogP contribution in [0.5, 0.6) is 0 Å². The lowest BCUT2D eigenvalue weighted by Crippen LogP contribution is -2.40. The highest BCUT2D eigenvalue weighted by atomic mass is 32.2. The SMILES string of the molecule is Cc1ccc(S(C)(=O)=O)cc1S(=O)(=O)N(CCN(C)C)CC1CCCCC1. The van der Waals surface area contributed by atoms with Gasteiger partial charge in [-0.1, -0.05) is 25.3 Å². The molecule has 0 spiro atoms. The van der Waals surface area contributed by atoms with E-state index in [1.165, 1.54) is 18.6 Å². The minimum absolute atomic E-state index is 0.0388. The summed E-state index contributed by atoms with van der Waals surface area (Å²) in [6.45, 7) is 3.23. The van der Waals surface area contributed by atoms with Crippen LogP contribution in [0.4, 0.5) is 0 Å². The molecular formula is C19H32N2O4S2. The van der Waals surface area contributed by atoms with Gasteiger partial charge in [0.25, 0.3) is 0 Å². The summed E-state index contributed by atoms with van der Waals surface area (Å²) in [5.74, 6) is 0.370. The molecule has 0 saturated heterocycles. The van der Waals surface area contributed by atoms with E-state index in [0.717, 1.165) is 31.9 Å². The van der Waals surface area contributed by atoms with Crippen molar-refractivity contribution in [1.29, 1.82) is 0 Å². The first-order valence-electron chi connectivity index (χ1n) is 9.47. The standard InChI is InChI=1S/C19H32N2O4S2/c1-16-10-11-18(26(4,22)23)14-19(16)27(24,25)21(13-12-20(2)3)15-17-8-6-5-7-9-17/h10-11,14,17H,5-9,12-13,15H2,1-4H3. The van der Waals surface area contributed by atoms with Gasteiger partial charge < -0.3 is 4.90 Å². The summed E-state index contributed by atoms with van der Waals surface area (Å²) in [5.41, 5.74) is 0.570. The van der Waals surface area contributed by atoms with E-state index in [1.54, 1.807) is 17.3 Å². The highest BCUT2D eigenvalue weighted by Gasteiger charge is 2.30. The number of likely N-dealkylation sites (N-methyl/N-ethyl adjacent to an activating group) is 1. The Morgan fingerprint density at radius 1 is 1.00 bits per heavy atom. The second-order valence-electron chi connectivity index (χ2n) is 7.87. The van der Waals surface area contributed by atoms with Crippen molar-refractivity contribution in [3.8, 4) is 0 Å². The summed E-state index contributed by atoms with van der Waals surface area (Å²) in [6.07, 6.45) is 6.71. The molecule has 27 heavy (non-hydrogen) atoms. The van der Waals surface area contributed by atoms with E-state index in [4.69, 9.17) is 0 Å². The molecule has 0 amide bonds. The molecule has 0 unspecified atom stereocenters. The molecule has 0 N–H and O–H groups in total. The molecule has 1 aliphatic rings. The van der Waals surface area contributed by atoms with Crippen LogP contribution < -0.4 is 0 Å². The normalized spacial score (nSPS) is 17.0. The predicted molar refractivity (Wildman–Crippen MR) is 108 cm³/mol. The molecule has 6 nitrogen and oxygen atoms in total. The lowest BCUT2D eigenvalue weighted by molar-refractivity contribution is 0.261. The summed E-state index contributed by atoms with van der Waals surface area (Å²) >= 11 is 0. The quantitative estimate of drug-likeness (QED) is 0.651. The van der Waals surface area contributed by atoms with Crippen LogP contribution in [0.3, 0.4) is 0 Å². The zero-order valence-corrected chi connectivity index (χ0v) is 18.4. The Morgan fingerprint density at radius 3 is 2.19 bits per heavy atom. The average molecular weight is 417 g/mol. The van der Waals surface area contributed by atoms with Gasteiger partial charge in [-0.2, -0.15) is 4.31 Å². The monoisotopic (exact) mass is 416 g/mol. The van der Waals surface area contributed by atoms with Crippen molar-refractivity contribution in [2.75, 3.05) is 40.0 Å². The second-order valence-corrected chi connectivity index (χ2v) is 11.8. The van der Waals surface area contributed by atoms with Crippen molar-refractivity contribution in [2.24, 2.45) is 5.92 Å².